The Balaban J connectivity index is 1.08. The lowest BCUT2D eigenvalue weighted by molar-refractivity contribution is -0.433. The molecule has 0 aromatic heterocycles. The van der Waals surface area contributed by atoms with Crippen molar-refractivity contribution in [1.29, 1.82) is 0 Å². The largest absolute Gasteiger partial charge is 0.423 e. The lowest BCUT2D eigenvalue weighted by atomic mass is 9.78. The summed E-state index contributed by atoms with van der Waals surface area (Å²) in [5, 5.41) is 5.92. The van der Waals surface area contributed by atoms with Gasteiger partial charge in [0, 0.05) is 39.8 Å². The van der Waals surface area contributed by atoms with Crippen LogP contribution in [0.5, 0.6) is 5.75 Å². The number of para-hydroxylation sites is 1. The molecule has 4 nitrogen and oxygen atoms in total. The first-order chi connectivity index (χ1) is 28.1. The summed E-state index contributed by atoms with van der Waals surface area (Å²) in [6, 6.07) is 43.1. The molecule has 0 spiro atoms. The number of carbonyl (C=O) groups excluding carboxylic acids is 1. The monoisotopic (exact) mass is 779 g/mol. The van der Waals surface area contributed by atoms with Gasteiger partial charge >= 0.3 is 5.97 Å². The van der Waals surface area contributed by atoms with Gasteiger partial charge < -0.3 is 9.64 Å². The maximum absolute atomic E-state index is 13.1. The third-order valence-corrected chi connectivity index (χ3v) is 13.0. The topological polar surface area (TPSA) is 32.5 Å². The number of hydrogen-bond donors (Lipinski definition) is 0. The minimum atomic E-state index is -0.388. The Morgan fingerprint density at radius 3 is 2.16 bits per heavy atom. The van der Waals surface area contributed by atoms with E-state index in [1.54, 1.807) is 12.1 Å². The van der Waals surface area contributed by atoms with Crippen molar-refractivity contribution in [2.24, 2.45) is 5.92 Å². The Bertz CT molecular complexity index is 2780. The van der Waals surface area contributed by atoms with Crippen LogP contribution in [0.1, 0.15) is 75.4 Å². The summed E-state index contributed by atoms with van der Waals surface area (Å²) in [6.07, 6.45) is 9.76. The molecule has 1 unspecified atom stereocenters. The van der Waals surface area contributed by atoms with E-state index in [9.17, 15) is 4.79 Å². The van der Waals surface area contributed by atoms with Crippen molar-refractivity contribution in [3.63, 3.8) is 0 Å². The van der Waals surface area contributed by atoms with Crippen LogP contribution in [-0.4, -0.2) is 22.8 Å². The highest BCUT2D eigenvalue weighted by molar-refractivity contribution is 6.30. The van der Waals surface area contributed by atoms with Crippen LogP contribution in [0.2, 0.25) is 0 Å². The molecule has 0 amide bonds. The Morgan fingerprint density at radius 2 is 1.45 bits per heavy atom. The molecular weight excluding hydrogens is 732 g/mol. The molecule has 0 radical (unpaired) electrons. The van der Waals surface area contributed by atoms with Gasteiger partial charge in [0.1, 0.15) is 12.3 Å². The number of carbonyl (C=O) groups is 1. The maximum Gasteiger partial charge on any atom is 0.343 e. The average Bonchev–Trinajstić information content (AvgIpc) is 3.61. The van der Waals surface area contributed by atoms with Gasteiger partial charge in [-0.2, -0.15) is 4.58 Å². The molecule has 0 N–H and O–H groups in total. The second-order valence-corrected chi connectivity index (χ2v) is 17.1. The van der Waals surface area contributed by atoms with Gasteiger partial charge in [0.15, 0.2) is 5.71 Å². The molecule has 0 bridgehead atoms. The van der Waals surface area contributed by atoms with Crippen LogP contribution in [-0.2, 0) is 10.8 Å². The van der Waals surface area contributed by atoms with Crippen LogP contribution in [0.4, 0.5) is 17.1 Å². The van der Waals surface area contributed by atoms with Crippen molar-refractivity contribution in [3.8, 4) is 5.75 Å². The predicted octanol–water partition coefficient (Wildman–Crippen LogP) is 13.6. The number of anilines is 2. The number of allylic oxidation sites excluding steroid dienone is 5. The number of fused-ring (bicyclic) bond motifs is 6. The molecule has 1 aliphatic carbocycles. The van der Waals surface area contributed by atoms with Gasteiger partial charge in [-0.05, 0) is 141 Å². The molecule has 3 aliphatic rings. The number of rotatable bonds is 7. The minimum absolute atomic E-state index is 0.0424. The maximum atomic E-state index is 13.1. The SMILES string of the molecule is CC[N+]1=C(/C=C/C2=C(Cl)C(C=C=C3N(c4ccc(C(=O)Oc5ccccc5)cc4)c4ccc5ccccc5c4C3(C)C)CCC2)C(C)(C)c2c1ccc1ccccc21. The number of nitrogens with zero attached hydrogens (tertiary/aromatic N) is 2. The zero-order valence-corrected chi connectivity index (χ0v) is 34.6. The van der Waals surface area contributed by atoms with E-state index < -0.39 is 0 Å². The molecular formula is C53H48ClN2O2+. The smallest absolute Gasteiger partial charge is 0.343 e. The number of benzene rings is 6. The highest BCUT2D eigenvalue weighted by atomic mass is 35.5. The quantitative estimate of drug-likeness (QED) is 0.0700. The van der Waals surface area contributed by atoms with Crippen LogP contribution in [0.25, 0.3) is 21.5 Å². The van der Waals surface area contributed by atoms with E-state index in [0.29, 0.717) is 11.3 Å². The van der Waals surface area contributed by atoms with Gasteiger partial charge in [-0.1, -0.05) is 90.5 Å². The van der Waals surface area contributed by atoms with Gasteiger partial charge in [-0.25, -0.2) is 4.79 Å². The van der Waals surface area contributed by atoms with Crippen molar-refractivity contribution in [3.05, 3.63) is 184 Å². The fourth-order valence-corrected chi connectivity index (χ4v) is 9.92. The van der Waals surface area contributed by atoms with E-state index in [0.717, 1.165) is 47.9 Å². The predicted molar refractivity (Wildman–Crippen MR) is 240 cm³/mol. The van der Waals surface area contributed by atoms with Crippen LogP contribution in [0, 0.1) is 5.92 Å². The standard InChI is InChI=1S/C53H48ClN2O2/c1-6-55-44-31-25-35-15-10-12-21-42(35)48(44)52(2,3)46(55)33-27-37-17-14-18-38(50(37)54)28-34-47-53(4,5)49-43-22-13-11-16-36(43)26-32-45(49)56(47)40-29-23-39(24-30-40)51(57)58-41-19-8-7-9-20-41/h7-13,15-16,19-33,38H,6,14,17-18H2,1-5H3/q+1/b33-27+. The zero-order chi connectivity index (χ0) is 40.2. The van der Waals surface area contributed by atoms with Crippen molar-refractivity contribution < 1.29 is 14.1 Å². The average molecular weight is 780 g/mol. The molecule has 9 rings (SSSR count). The number of hydrogen-bond acceptors (Lipinski definition) is 3. The van der Waals surface area contributed by atoms with Gasteiger partial charge in [0.2, 0.25) is 5.69 Å². The van der Waals surface area contributed by atoms with Crippen LogP contribution in [0.15, 0.2) is 168 Å². The number of esters is 1. The summed E-state index contributed by atoms with van der Waals surface area (Å²) in [5.41, 5.74) is 13.3. The normalized spacial score (nSPS) is 18.2. The van der Waals surface area contributed by atoms with Crippen molar-refractivity contribution in [2.45, 2.75) is 64.7 Å². The fraction of sp³-hybridized carbons (Fsp3) is 0.226. The number of halogens is 1. The molecule has 0 saturated heterocycles. The lowest BCUT2D eigenvalue weighted by Gasteiger charge is -2.26. The highest BCUT2D eigenvalue weighted by Gasteiger charge is 2.45. The third-order valence-electron chi connectivity index (χ3n) is 12.4. The highest BCUT2D eigenvalue weighted by Crippen LogP contribution is 2.53. The molecule has 1 atom stereocenters. The summed E-state index contributed by atoms with van der Waals surface area (Å²) < 4.78 is 8.11. The van der Waals surface area contributed by atoms with E-state index >= 15 is 0 Å². The Labute approximate surface area is 346 Å². The van der Waals surface area contributed by atoms with Crippen molar-refractivity contribution in [1.82, 2.24) is 0 Å². The minimum Gasteiger partial charge on any atom is -0.423 e. The van der Waals surface area contributed by atoms with E-state index in [1.807, 2.05) is 42.5 Å². The van der Waals surface area contributed by atoms with E-state index in [4.69, 9.17) is 16.3 Å². The third kappa shape index (κ3) is 6.32. The summed E-state index contributed by atoms with van der Waals surface area (Å²) in [6.45, 7) is 12.4. The first kappa shape index (κ1) is 37.6. The molecule has 0 saturated carbocycles. The van der Waals surface area contributed by atoms with Crippen LogP contribution in [0.3, 0.4) is 0 Å². The summed E-state index contributed by atoms with van der Waals surface area (Å²) in [4.78, 5) is 15.4. The molecule has 5 heteroatoms. The Hall–Kier alpha value is -5.93. The van der Waals surface area contributed by atoms with Crippen LogP contribution < -0.4 is 9.64 Å². The molecule has 2 aliphatic heterocycles. The van der Waals surface area contributed by atoms with Crippen LogP contribution >= 0.6 is 11.6 Å². The van der Waals surface area contributed by atoms with Gasteiger partial charge in [-0.15, -0.1) is 5.73 Å². The fourth-order valence-electron chi connectivity index (χ4n) is 9.59. The van der Waals surface area contributed by atoms with Gasteiger partial charge in [-0.3, -0.25) is 0 Å². The second kappa shape index (κ2) is 14.8. The van der Waals surface area contributed by atoms with E-state index in [-0.39, 0.29) is 22.7 Å². The second-order valence-electron chi connectivity index (χ2n) is 16.7. The lowest BCUT2D eigenvalue weighted by Crippen LogP contribution is -2.27. The van der Waals surface area contributed by atoms with E-state index in [1.165, 1.54) is 49.6 Å². The molecule has 288 valence electrons. The molecule has 6 aromatic carbocycles. The first-order valence-corrected chi connectivity index (χ1v) is 20.9. The Morgan fingerprint density at radius 1 is 0.793 bits per heavy atom. The Kier molecular flexibility index (Phi) is 9.59. The van der Waals surface area contributed by atoms with Crippen molar-refractivity contribution in [2.75, 3.05) is 11.4 Å². The van der Waals surface area contributed by atoms with E-state index in [2.05, 4.69) is 141 Å². The molecule has 6 aromatic rings. The van der Waals surface area contributed by atoms with Gasteiger partial charge in [0.25, 0.3) is 0 Å². The molecule has 2 heterocycles. The summed E-state index contributed by atoms with van der Waals surface area (Å²) in [5.74, 6) is 0.174. The first-order valence-electron chi connectivity index (χ1n) is 20.5. The molecule has 0 fully saturated rings. The number of ether oxygens (including phenoxy) is 1. The zero-order valence-electron chi connectivity index (χ0n) is 33.9. The van der Waals surface area contributed by atoms with Crippen molar-refractivity contribution >= 4 is 61.9 Å². The molecule has 58 heavy (non-hydrogen) atoms. The summed E-state index contributed by atoms with van der Waals surface area (Å²) in [7, 11) is 0. The summed E-state index contributed by atoms with van der Waals surface area (Å²) >= 11 is 7.39. The van der Waals surface area contributed by atoms with Gasteiger partial charge in [0.05, 0.1) is 22.4 Å².